The Morgan fingerprint density at radius 3 is 2.37 bits per heavy atom. The molecule has 0 aromatic heterocycles. The van der Waals surface area contributed by atoms with Crippen molar-refractivity contribution in [3.05, 3.63) is 29.3 Å². The lowest BCUT2D eigenvalue weighted by Gasteiger charge is -2.15. The fraction of sp³-hybridized carbons (Fsp3) is 0.462. The number of benzene rings is 1. The second-order valence-electron chi connectivity index (χ2n) is 4.42. The molecule has 2 N–H and O–H groups in total. The largest absolute Gasteiger partial charge is 0.478 e. The summed E-state index contributed by atoms with van der Waals surface area (Å²) in [4.78, 5) is 11.0. The van der Waals surface area contributed by atoms with Crippen LogP contribution in [0.3, 0.4) is 0 Å². The van der Waals surface area contributed by atoms with Crippen molar-refractivity contribution in [3.63, 3.8) is 0 Å². The van der Waals surface area contributed by atoms with Gasteiger partial charge in [-0.05, 0) is 37.5 Å². The summed E-state index contributed by atoms with van der Waals surface area (Å²) < 4.78 is 26.9. The molecule has 1 rings (SSSR count). The van der Waals surface area contributed by atoms with Crippen LogP contribution in [0.5, 0.6) is 0 Å². The minimum Gasteiger partial charge on any atom is -0.478 e. The van der Waals surface area contributed by atoms with Gasteiger partial charge in [-0.15, -0.1) is 0 Å². The van der Waals surface area contributed by atoms with Gasteiger partial charge in [-0.1, -0.05) is 19.9 Å². The quantitative estimate of drug-likeness (QED) is 0.839. The average molecular weight is 285 g/mol. The molecule has 1 aromatic carbocycles. The summed E-state index contributed by atoms with van der Waals surface area (Å²) >= 11 is 0. The van der Waals surface area contributed by atoms with E-state index < -0.39 is 16.0 Å². The van der Waals surface area contributed by atoms with E-state index in [2.05, 4.69) is 4.72 Å². The lowest BCUT2D eigenvalue weighted by molar-refractivity contribution is 0.0696. The maximum Gasteiger partial charge on any atom is 0.335 e. The van der Waals surface area contributed by atoms with Crippen LogP contribution in [0.1, 0.15) is 42.6 Å². The van der Waals surface area contributed by atoms with E-state index in [0.29, 0.717) is 18.4 Å². The van der Waals surface area contributed by atoms with Crippen LogP contribution in [0.2, 0.25) is 0 Å². The summed E-state index contributed by atoms with van der Waals surface area (Å²) in [5.41, 5.74) is 0.543. The van der Waals surface area contributed by atoms with Crippen molar-refractivity contribution in [2.45, 2.75) is 44.6 Å². The number of nitrogens with one attached hydrogen (secondary N) is 1. The van der Waals surface area contributed by atoms with Crippen LogP contribution in [-0.2, 0) is 10.0 Å². The Kier molecular flexibility index (Phi) is 5.08. The molecule has 0 saturated heterocycles. The highest BCUT2D eigenvalue weighted by molar-refractivity contribution is 7.89. The molecule has 0 fully saturated rings. The first-order chi connectivity index (χ1) is 8.81. The molecule has 0 heterocycles. The molecule has 6 heteroatoms. The molecule has 0 aliphatic rings. The molecule has 0 aliphatic carbocycles. The van der Waals surface area contributed by atoms with E-state index in [1.54, 1.807) is 6.92 Å². The van der Waals surface area contributed by atoms with Crippen LogP contribution in [0.4, 0.5) is 0 Å². The van der Waals surface area contributed by atoms with Gasteiger partial charge in [-0.2, -0.15) is 0 Å². The Hall–Kier alpha value is -1.40. The zero-order valence-electron chi connectivity index (χ0n) is 11.3. The Morgan fingerprint density at radius 1 is 1.32 bits per heavy atom. The highest BCUT2D eigenvalue weighted by atomic mass is 32.2. The van der Waals surface area contributed by atoms with Gasteiger partial charge in [-0.25, -0.2) is 17.9 Å². The van der Waals surface area contributed by atoms with Crippen molar-refractivity contribution >= 4 is 16.0 Å². The van der Waals surface area contributed by atoms with Crippen molar-refractivity contribution in [2.24, 2.45) is 0 Å². The summed E-state index contributed by atoms with van der Waals surface area (Å²) in [7, 11) is -3.67. The smallest absolute Gasteiger partial charge is 0.335 e. The van der Waals surface area contributed by atoms with Crippen LogP contribution in [0, 0.1) is 6.92 Å². The number of aryl methyl sites for hydroxylation is 1. The number of carbonyl (C=O) groups is 1. The van der Waals surface area contributed by atoms with Gasteiger partial charge in [0.1, 0.15) is 0 Å². The zero-order chi connectivity index (χ0) is 14.6. The molecular formula is C13H19NO4S. The molecule has 0 atom stereocenters. The Bertz CT molecular complexity index is 562. The minimum atomic E-state index is -3.67. The van der Waals surface area contributed by atoms with Gasteiger partial charge in [0, 0.05) is 6.04 Å². The molecule has 0 aliphatic heterocycles. The van der Waals surface area contributed by atoms with Crippen molar-refractivity contribution in [1.29, 1.82) is 0 Å². The molecule has 0 bridgehead atoms. The molecule has 0 saturated carbocycles. The maximum atomic E-state index is 12.1. The van der Waals surface area contributed by atoms with Gasteiger partial charge < -0.3 is 5.11 Å². The molecule has 0 spiro atoms. The van der Waals surface area contributed by atoms with E-state index in [0.717, 1.165) is 0 Å². The van der Waals surface area contributed by atoms with Crippen molar-refractivity contribution in [1.82, 2.24) is 4.72 Å². The third-order valence-electron chi connectivity index (χ3n) is 3.06. The second kappa shape index (κ2) is 6.16. The predicted octanol–water partition coefficient (Wildman–Crippen LogP) is 2.16. The molecule has 106 valence electrons. The van der Waals surface area contributed by atoms with Gasteiger partial charge in [0.25, 0.3) is 0 Å². The molecule has 0 amide bonds. The number of carboxylic acid groups (broad SMARTS) is 1. The molecule has 0 unspecified atom stereocenters. The zero-order valence-corrected chi connectivity index (χ0v) is 12.1. The van der Waals surface area contributed by atoms with Crippen molar-refractivity contribution in [2.75, 3.05) is 0 Å². The monoisotopic (exact) mass is 285 g/mol. The number of rotatable bonds is 6. The molecular weight excluding hydrogens is 266 g/mol. The summed E-state index contributed by atoms with van der Waals surface area (Å²) in [6.07, 6.45) is 1.38. The van der Waals surface area contributed by atoms with E-state index in [1.165, 1.54) is 18.2 Å². The van der Waals surface area contributed by atoms with E-state index in [9.17, 15) is 13.2 Å². The first kappa shape index (κ1) is 15.7. The standard InChI is InChI=1S/C13H19NO4S/c1-4-10(5-2)14-19(17,18)11-7-6-9(3)12(8-11)13(15)16/h6-8,10,14H,4-5H2,1-3H3,(H,15,16). The van der Waals surface area contributed by atoms with Gasteiger partial charge in [0.15, 0.2) is 0 Å². The number of aromatic carboxylic acids is 1. The van der Waals surface area contributed by atoms with Crippen LogP contribution in [-0.4, -0.2) is 25.5 Å². The average Bonchev–Trinajstić information content (AvgIpc) is 2.35. The Balaban J connectivity index is 3.15. The predicted molar refractivity (Wildman–Crippen MR) is 72.8 cm³/mol. The Labute approximate surface area is 113 Å². The number of carboxylic acids is 1. The number of sulfonamides is 1. The van der Waals surface area contributed by atoms with E-state index >= 15 is 0 Å². The lowest BCUT2D eigenvalue weighted by Crippen LogP contribution is -2.33. The SMILES string of the molecule is CCC(CC)NS(=O)(=O)c1ccc(C)c(C(=O)O)c1. The van der Waals surface area contributed by atoms with Crippen LogP contribution in [0.15, 0.2) is 23.1 Å². The van der Waals surface area contributed by atoms with Crippen LogP contribution < -0.4 is 4.72 Å². The third-order valence-corrected chi connectivity index (χ3v) is 4.58. The molecule has 0 radical (unpaired) electrons. The normalized spacial score (nSPS) is 11.8. The van der Waals surface area contributed by atoms with E-state index in [4.69, 9.17) is 5.11 Å². The van der Waals surface area contributed by atoms with Gasteiger partial charge in [0.05, 0.1) is 10.5 Å². The molecule has 1 aromatic rings. The van der Waals surface area contributed by atoms with Crippen LogP contribution in [0.25, 0.3) is 0 Å². The minimum absolute atomic E-state index is 0.00687. The van der Waals surface area contributed by atoms with Gasteiger partial charge in [0.2, 0.25) is 10.0 Å². The number of hydrogen-bond donors (Lipinski definition) is 2. The fourth-order valence-corrected chi connectivity index (χ4v) is 3.17. The first-order valence-electron chi connectivity index (χ1n) is 6.18. The summed E-state index contributed by atoms with van der Waals surface area (Å²) in [6, 6.07) is 3.99. The van der Waals surface area contributed by atoms with E-state index in [1.807, 2.05) is 13.8 Å². The topological polar surface area (TPSA) is 83.5 Å². The van der Waals surface area contributed by atoms with E-state index in [-0.39, 0.29) is 16.5 Å². The van der Waals surface area contributed by atoms with Crippen molar-refractivity contribution < 1.29 is 18.3 Å². The Morgan fingerprint density at radius 2 is 1.89 bits per heavy atom. The highest BCUT2D eigenvalue weighted by Gasteiger charge is 2.20. The third kappa shape index (κ3) is 3.78. The van der Waals surface area contributed by atoms with Crippen molar-refractivity contribution in [3.8, 4) is 0 Å². The molecule has 19 heavy (non-hydrogen) atoms. The van der Waals surface area contributed by atoms with Gasteiger partial charge >= 0.3 is 5.97 Å². The van der Waals surface area contributed by atoms with Gasteiger partial charge in [-0.3, -0.25) is 0 Å². The number of hydrogen-bond acceptors (Lipinski definition) is 3. The first-order valence-corrected chi connectivity index (χ1v) is 7.66. The highest BCUT2D eigenvalue weighted by Crippen LogP contribution is 2.16. The summed E-state index contributed by atoms with van der Waals surface area (Å²) in [5.74, 6) is -1.13. The summed E-state index contributed by atoms with van der Waals surface area (Å²) in [5, 5.41) is 9.01. The fourth-order valence-electron chi connectivity index (χ4n) is 1.74. The lowest BCUT2D eigenvalue weighted by atomic mass is 10.1. The second-order valence-corrected chi connectivity index (χ2v) is 6.13. The van der Waals surface area contributed by atoms with Crippen LogP contribution >= 0.6 is 0 Å². The maximum absolute atomic E-state index is 12.1. The molecule has 5 nitrogen and oxygen atoms in total. The summed E-state index contributed by atoms with van der Waals surface area (Å²) in [6.45, 7) is 5.43.